The van der Waals surface area contributed by atoms with E-state index in [1.165, 1.54) is 12.1 Å². The fourth-order valence-electron chi connectivity index (χ4n) is 2.50. The lowest BCUT2D eigenvalue weighted by Gasteiger charge is -2.29. The highest BCUT2D eigenvalue weighted by atomic mass is 19.1. The maximum atomic E-state index is 13.1. The van der Waals surface area contributed by atoms with E-state index in [9.17, 15) is 9.18 Å². The first-order valence-electron chi connectivity index (χ1n) is 7.96. The maximum absolute atomic E-state index is 13.1. The van der Waals surface area contributed by atoms with Crippen molar-refractivity contribution < 1.29 is 13.9 Å². The zero-order valence-electron chi connectivity index (χ0n) is 14.3. The number of benzene rings is 2. The van der Waals surface area contributed by atoms with Crippen molar-refractivity contribution in [1.29, 1.82) is 0 Å². The molecule has 0 unspecified atom stereocenters. The number of para-hydroxylation sites is 2. The Morgan fingerprint density at radius 2 is 1.83 bits per heavy atom. The molecule has 2 rings (SSSR count). The quantitative estimate of drug-likeness (QED) is 0.832. The van der Waals surface area contributed by atoms with E-state index in [1.807, 2.05) is 26.0 Å². The molecule has 2 aromatic carbocycles. The molecule has 0 atom stereocenters. The van der Waals surface area contributed by atoms with Crippen LogP contribution >= 0.6 is 0 Å². The molecule has 0 heterocycles. The molecule has 0 aliphatic rings. The molecule has 128 valence electrons. The summed E-state index contributed by atoms with van der Waals surface area (Å²) in [6.07, 6.45) is 0.327. The van der Waals surface area contributed by atoms with Gasteiger partial charge in [0.15, 0.2) is 0 Å². The van der Waals surface area contributed by atoms with Gasteiger partial charge in [-0.25, -0.2) is 4.39 Å². The van der Waals surface area contributed by atoms with E-state index in [0.29, 0.717) is 24.4 Å². The van der Waals surface area contributed by atoms with E-state index in [-0.39, 0.29) is 17.8 Å². The van der Waals surface area contributed by atoms with Crippen molar-refractivity contribution in [2.24, 2.45) is 0 Å². The summed E-state index contributed by atoms with van der Waals surface area (Å²) in [5, 5.41) is 2.87. The SMILES string of the molecule is COc1ccccc1NC(=O)CCN(c1ccc(F)cc1)C(C)C. The minimum Gasteiger partial charge on any atom is -0.495 e. The number of rotatable bonds is 7. The van der Waals surface area contributed by atoms with Gasteiger partial charge in [0, 0.05) is 24.7 Å². The summed E-state index contributed by atoms with van der Waals surface area (Å²) >= 11 is 0. The summed E-state index contributed by atoms with van der Waals surface area (Å²) in [6, 6.07) is 13.8. The number of carbonyl (C=O) groups is 1. The zero-order chi connectivity index (χ0) is 17.5. The fraction of sp³-hybridized carbons (Fsp3) is 0.316. The smallest absolute Gasteiger partial charge is 0.226 e. The third kappa shape index (κ3) is 4.72. The summed E-state index contributed by atoms with van der Waals surface area (Å²) in [4.78, 5) is 14.3. The van der Waals surface area contributed by atoms with E-state index in [4.69, 9.17) is 4.74 Å². The van der Waals surface area contributed by atoms with Crippen LogP contribution in [0, 0.1) is 5.82 Å². The van der Waals surface area contributed by atoms with Crippen LogP contribution in [0.25, 0.3) is 0 Å². The van der Waals surface area contributed by atoms with Crippen molar-refractivity contribution in [3.63, 3.8) is 0 Å². The summed E-state index contributed by atoms with van der Waals surface area (Å²) in [7, 11) is 1.57. The average molecular weight is 330 g/mol. The highest BCUT2D eigenvalue weighted by Crippen LogP contribution is 2.23. The molecule has 0 spiro atoms. The highest BCUT2D eigenvalue weighted by Gasteiger charge is 2.13. The van der Waals surface area contributed by atoms with Crippen LogP contribution in [0.15, 0.2) is 48.5 Å². The van der Waals surface area contributed by atoms with E-state index >= 15 is 0 Å². The van der Waals surface area contributed by atoms with Crippen molar-refractivity contribution in [2.75, 3.05) is 23.9 Å². The lowest BCUT2D eigenvalue weighted by atomic mass is 10.2. The molecule has 2 aromatic rings. The van der Waals surface area contributed by atoms with Gasteiger partial charge >= 0.3 is 0 Å². The predicted octanol–water partition coefficient (Wildman–Crippen LogP) is 4.08. The molecule has 4 nitrogen and oxygen atoms in total. The number of carbonyl (C=O) groups excluding carboxylic acids is 1. The topological polar surface area (TPSA) is 41.6 Å². The minimum absolute atomic E-state index is 0.0905. The Hall–Kier alpha value is -2.56. The molecule has 0 saturated carbocycles. The normalized spacial score (nSPS) is 10.5. The standard InChI is InChI=1S/C19H23FN2O2/c1-14(2)22(16-10-8-15(20)9-11-16)13-12-19(23)21-17-6-4-5-7-18(17)24-3/h4-11,14H,12-13H2,1-3H3,(H,21,23). The van der Waals surface area contributed by atoms with Gasteiger partial charge in [-0.05, 0) is 50.2 Å². The number of halogens is 1. The first-order chi connectivity index (χ1) is 11.5. The number of anilines is 2. The highest BCUT2D eigenvalue weighted by molar-refractivity contribution is 5.92. The van der Waals surface area contributed by atoms with Crippen molar-refractivity contribution >= 4 is 17.3 Å². The van der Waals surface area contributed by atoms with E-state index in [0.717, 1.165) is 5.69 Å². The van der Waals surface area contributed by atoms with Crippen LogP contribution < -0.4 is 15.0 Å². The molecule has 1 N–H and O–H groups in total. The van der Waals surface area contributed by atoms with Crippen molar-refractivity contribution in [2.45, 2.75) is 26.3 Å². The van der Waals surface area contributed by atoms with Crippen LogP contribution in [0.3, 0.4) is 0 Å². The molecule has 0 fully saturated rings. The van der Waals surface area contributed by atoms with E-state index < -0.39 is 0 Å². The second-order valence-electron chi connectivity index (χ2n) is 5.76. The monoisotopic (exact) mass is 330 g/mol. The van der Waals surface area contributed by atoms with Crippen LogP contribution in [0.5, 0.6) is 5.75 Å². The van der Waals surface area contributed by atoms with Crippen molar-refractivity contribution in [3.8, 4) is 5.75 Å². The van der Waals surface area contributed by atoms with Crippen molar-refractivity contribution in [3.05, 3.63) is 54.3 Å². The lowest BCUT2D eigenvalue weighted by molar-refractivity contribution is -0.116. The Morgan fingerprint density at radius 1 is 1.17 bits per heavy atom. The number of methoxy groups -OCH3 is 1. The zero-order valence-corrected chi connectivity index (χ0v) is 14.3. The van der Waals surface area contributed by atoms with Crippen LogP contribution in [0.4, 0.5) is 15.8 Å². The van der Waals surface area contributed by atoms with E-state index in [2.05, 4.69) is 10.2 Å². The molecule has 0 aliphatic heterocycles. The Kier molecular flexibility index (Phi) is 6.18. The molecule has 0 saturated heterocycles. The van der Waals surface area contributed by atoms with Gasteiger partial charge in [0.25, 0.3) is 0 Å². The number of nitrogens with zero attached hydrogens (tertiary/aromatic N) is 1. The van der Waals surface area contributed by atoms with E-state index in [1.54, 1.807) is 31.4 Å². The van der Waals surface area contributed by atoms with Gasteiger partial charge in [-0.15, -0.1) is 0 Å². The van der Waals surface area contributed by atoms with Crippen LogP contribution in [0.1, 0.15) is 20.3 Å². The molecular formula is C19H23FN2O2. The minimum atomic E-state index is -0.267. The fourth-order valence-corrected chi connectivity index (χ4v) is 2.50. The second kappa shape index (κ2) is 8.34. The van der Waals surface area contributed by atoms with Crippen LogP contribution in [-0.2, 0) is 4.79 Å². The largest absolute Gasteiger partial charge is 0.495 e. The number of nitrogens with one attached hydrogen (secondary N) is 1. The third-order valence-electron chi connectivity index (χ3n) is 3.74. The Balaban J connectivity index is 1.99. The Morgan fingerprint density at radius 3 is 2.46 bits per heavy atom. The first-order valence-corrected chi connectivity index (χ1v) is 7.96. The average Bonchev–Trinajstić information content (AvgIpc) is 2.57. The molecule has 1 amide bonds. The number of hydrogen-bond acceptors (Lipinski definition) is 3. The number of ether oxygens (including phenoxy) is 1. The van der Waals surface area contributed by atoms with Gasteiger partial charge in [-0.2, -0.15) is 0 Å². The Bertz CT molecular complexity index is 671. The van der Waals surface area contributed by atoms with Crippen LogP contribution in [-0.4, -0.2) is 25.6 Å². The molecule has 0 bridgehead atoms. The molecule has 5 heteroatoms. The third-order valence-corrected chi connectivity index (χ3v) is 3.74. The van der Waals surface area contributed by atoms with Gasteiger partial charge < -0.3 is 15.0 Å². The summed E-state index contributed by atoms with van der Waals surface area (Å²) in [5.41, 5.74) is 1.55. The lowest BCUT2D eigenvalue weighted by Crippen LogP contribution is -2.33. The Labute approximate surface area is 142 Å². The van der Waals surface area contributed by atoms with Gasteiger partial charge in [0.2, 0.25) is 5.91 Å². The van der Waals surface area contributed by atoms with Gasteiger partial charge in [0.1, 0.15) is 11.6 Å². The summed E-state index contributed by atoms with van der Waals surface area (Å²) in [5.74, 6) is 0.272. The molecule has 24 heavy (non-hydrogen) atoms. The van der Waals surface area contributed by atoms with Crippen molar-refractivity contribution in [1.82, 2.24) is 0 Å². The number of hydrogen-bond donors (Lipinski definition) is 1. The van der Waals surface area contributed by atoms with Gasteiger partial charge in [-0.3, -0.25) is 4.79 Å². The molecule has 0 radical (unpaired) electrons. The molecule has 0 aliphatic carbocycles. The van der Waals surface area contributed by atoms with Gasteiger partial charge in [-0.1, -0.05) is 12.1 Å². The maximum Gasteiger partial charge on any atom is 0.226 e. The number of amides is 1. The molecule has 0 aromatic heterocycles. The summed E-state index contributed by atoms with van der Waals surface area (Å²) in [6.45, 7) is 4.63. The first kappa shape index (κ1) is 17.8. The predicted molar refractivity (Wildman–Crippen MR) is 95.1 cm³/mol. The second-order valence-corrected chi connectivity index (χ2v) is 5.76. The van der Waals surface area contributed by atoms with Gasteiger partial charge in [0.05, 0.1) is 12.8 Å². The summed E-state index contributed by atoms with van der Waals surface area (Å²) < 4.78 is 18.3. The van der Waals surface area contributed by atoms with Crippen LogP contribution in [0.2, 0.25) is 0 Å². The molecular weight excluding hydrogens is 307 g/mol.